The maximum atomic E-state index is 12.3. The second-order valence-electron chi connectivity index (χ2n) is 5.02. The second-order valence-corrected chi connectivity index (χ2v) is 5.02. The number of aryl methyl sites for hydroxylation is 2. The van der Waals surface area contributed by atoms with Gasteiger partial charge >= 0.3 is 0 Å². The summed E-state index contributed by atoms with van der Waals surface area (Å²) in [5.74, 6) is -0.00271. The molecule has 2 rings (SSSR count). The van der Waals surface area contributed by atoms with Gasteiger partial charge in [0.2, 0.25) is 0 Å². The molecule has 3 nitrogen and oxygen atoms in total. The number of rotatable bonds is 4. The molecule has 0 aliphatic rings. The van der Waals surface area contributed by atoms with E-state index in [-0.39, 0.29) is 5.91 Å². The van der Waals surface area contributed by atoms with E-state index >= 15 is 0 Å². The van der Waals surface area contributed by atoms with Crippen LogP contribution in [0.5, 0.6) is 0 Å². The molecule has 1 heterocycles. The van der Waals surface area contributed by atoms with E-state index in [4.69, 9.17) is 0 Å². The summed E-state index contributed by atoms with van der Waals surface area (Å²) in [7, 11) is 1.82. The summed E-state index contributed by atoms with van der Waals surface area (Å²) in [6.07, 6.45) is 2.67. The molecule has 0 fully saturated rings. The molecule has 1 aromatic carbocycles. The van der Waals surface area contributed by atoms with Crippen molar-refractivity contribution in [3.63, 3.8) is 0 Å². The first-order valence-corrected chi connectivity index (χ1v) is 6.86. The third kappa shape index (κ3) is 3.44. The molecule has 0 unspecified atom stereocenters. The van der Waals surface area contributed by atoms with E-state index in [1.807, 2.05) is 26.1 Å². The summed E-state index contributed by atoms with van der Waals surface area (Å²) >= 11 is 0. The minimum Gasteiger partial charge on any atom is -0.337 e. The van der Waals surface area contributed by atoms with Crippen molar-refractivity contribution in [2.45, 2.75) is 26.8 Å². The molecule has 1 amide bonds. The van der Waals surface area contributed by atoms with E-state index in [9.17, 15) is 4.79 Å². The zero-order valence-electron chi connectivity index (χ0n) is 12.3. The van der Waals surface area contributed by atoms with Crippen LogP contribution in [0.4, 0.5) is 0 Å². The number of amides is 1. The van der Waals surface area contributed by atoms with Gasteiger partial charge in [-0.2, -0.15) is 0 Å². The van der Waals surface area contributed by atoms with E-state index < -0.39 is 0 Å². The standard InChI is InChI=1S/C17H20N2O/c1-4-14-6-8-15(9-7-14)12-19(3)17(20)16-10-5-13(2)18-11-16/h5-11H,4,12H2,1-3H3. The number of carbonyl (C=O) groups excluding carboxylic acids is 1. The van der Waals surface area contributed by atoms with Crippen LogP contribution in [0.25, 0.3) is 0 Å². The molecule has 2 aromatic rings. The first-order valence-electron chi connectivity index (χ1n) is 6.86. The number of hydrogen-bond acceptors (Lipinski definition) is 2. The van der Waals surface area contributed by atoms with E-state index in [2.05, 4.69) is 36.2 Å². The normalized spacial score (nSPS) is 10.3. The van der Waals surface area contributed by atoms with Gasteiger partial charge in [0.1, 0.15) is 0 Å². The largest absolute Gasteiger partial charge is 0.337 e. The summed E-state index contributed by atoms with van der Waals surface area (Å²) in [6.45, 7) is 4.65. The lowest BCUT2D eigenvalue weighted by Gasteiger charge is -2.17. The number of pyridine rings is 1. The smallest absolute Gasteiger partial charge is 0.255 e. The van der Waals surface area contributed by atoms with Crippen LogP contribution in [0.3, 0.4) is 0 Å². The fourth-order valence-electron chi connectivity index (χ4n) is 2.04. The predicted molar refractivity (Wildman–Crippen MR) is 80.6 cm³/mol. The van der Waals surface area contributed by atoms with Crippen molar-refractivity contribution >= 4 is 5.91 Å². The van der Waals surface area contributed by atoms with Gasteiger partial charge in [-0.3, -0.25) is 9.78 Å². The molecule has 0 spiro atoms. The van der Waals surface area contributed by atoms with Gasteiger partial charge in [-0.15, -0.1) is 0 Å². The van der Waals surface area contributed by atoms with Crippen LogP contribution in [0.15, 0.2) is 42.6 Å². The Morgan fingerprint density at radius 2 is 1.75 bits per heavy atom. The quantitative estimate of drug-likeness (QED) is 0.853. The third-order valence-corrected chi connectivity index (χ3v) is 3.36. The lowest BCUT2D eigenvalue weighted by Crippen LogP contribution is -2.26. The molecular weight excluding hydrogens is 248 g/mol. The minimum atomic E-state index is -0.00271. The Morgan fingerprint density at radius 1 is 1.10 bits per heavy atom. The summed E-state index contributed by atoms with van der Waals surface area (Å²) in [5, 5.41) is 0. The van der Waals surface area contributed by atoms with Crippen molar-refractivity contribution in [3.05, 3.63) is 65.0 Å². The van der Waals surface area contributed by atoms with Crippen molar-refractivity contribution in [3.8, 4) is 0 Å². The zero-order valence-corrected chi connectivity index (χ0v) is 12.3. The zero-order chi connectivity index (χ0) is 14.5. The third-order valence-electron chi connectivity index (χ3n) is 3.36. The van der Waals surface area contributed by atoms with Crippen LogP contribution >= 0.6 is 0 Å². The van der Waals surface area contributed by atoms with Crippen LogP contribution in [0, 0.1) is 6.92 Å². The lowest BCUT2D eigenvalue weighted by molar-refractivity contribution is 0.0784. The Labute approximate surface area is 120 Å². The summed E-state index contributed by atoms with van der Waals surface area (Å²) in [4.78, 5) is 18.1. The number of aromatic nitrogens is 1. The monoisotopic (exact) mass is 268 g/mol. The topological polar surface area (TPSA) is 33.2 Å². The SMILES string of the molecule is CCc1ccc(CN(C)C(=O)c2ccc(C)nc2)cc1. The molecule has 1 aromatic heterocycles. The maximum Gasteiger partial charge on any atom is 0.255 e. The molecule has 0 radical (unpaired) electrons. The first-order chi connectivity index (χ1) is 9.60. The first kappa shape index (κ1) is 14.3. The van der Waals surface area contributed by atoms with Gasteiger partial charge in [-0.25, -0.2) is 0 Å². The van der Waals surface area contributed by atoms with Crippen LogP contribution in [0.2, 0.25) is 0 Å². The fraction of sp³-hybridized carbons (Fsp3) is 0.294. The number of nitrogens with zero attached hydrogens (tertiary/aromatic N) is 2. The summed E-state index contributed by atoms with van der Waals surface area (Å²) < 4.78 is 0. The minimum absolute atomic E-state index is 0.00271. The molecule has 0 saturated heterocycles. The van der Waals surface area contributed by atoms with Crippen LogP contribution in [-0.4, -0.2) is 22.8 Å². The van der Waals surface area contributed by atoms with Gasteiger partial charge in [0, 0.05) is 25.5 Å². The second kappa shape index (κ2) is 6.33. The molecule has 0 aliphatic carbocycles. The lowest BCUT2D eigenvalue weighted by atomic mass is 10.1. The Bertz CT molecular complexity index is 573. The average molecular weight is 268 g/mol. The van der Waals surface area contributed by atoms with Crippen molar-refractivity contribution in [1.82, 2.24) is 9.88 Å². The highest BCUT2D eigenvalue weighted by Crippen LogP contribution is 2.10. The average Bonchev–Trinajstić information content (AvgIpc) is 2.48. The van der Waals surface area contributed by atoms with Crippen LogP contribution in [0.1, 0.15) is 34.1 Å². The van der Waals surface area contributed by atoms with E-state index in [1.165, 1.54) is 5.56 Å². The highest BCUT2D eigenvalue weighted by molar-refractivity contribution is 5.93. The molecule has 0 saturated carbocycles. The Balaban J connectivity index is 2.04. The van der Waals surface area contributed by atoms with Gasteiger partial charge in [0.05, 0.1) is 5.56 Å². The van der Waals surface area contributed by atoms with Crippen molar-refractivity contribution in [2.24, 2.45) is 0 Å². The molecule has 0 bridgehead atoms. The molecule has 0 atom stereocenters. The number of benzene rings is 1. The van der Waals surface area contributed by atoms with Crippen LogP contribution in [-0.2, 0) is 13.0 Å². The summed E-state index contributed by atoms with van der Waals surface area (Å²) in [5.41, 5.74) is 3.99. The Kier molecular flexibility index (Phi) is 4.51. The molecule has 0 N–H and O–H groups in total. The summed E-state index contributed by atoms with van der Waals surface area (Å²) in [6, 6.07) is 12.1. The molecule has 104 valence electrons. The number of carbonyl (C=O) groups is 1. The van der Waals surface area contributed by atoms with Crippen molar-refractivity contribution < 1.29 is 4.79 Å². The van der Waals surface area contributed by atoms with E-state index in [1.54, 1.807) is 11.1 Å². The highest BCUT2D eigenvalue weighted by atomic mass is 16.2. The van der Waals surface area contributed by atoms with Crippen LogP contribution < -0.4 is 0 Å². The Hall–Kier alpha value is -2.16. The predicted octanol–water partition coefficient (Wildman–Crippen LogP) is 3.22. The van der Waals surface area contributed by atoms with Gasteiger partial charge in [-0.05, 0) is 36.6 Å². The van der Waals surface area contributed by atoms with Gasteiger partial charge in [0.25, 0.3) is 5.91 Å². The van der Waals surface area contributed by atoms with Crippen molar-refractivity contribution in [1.29, 1.82) is 0 Å². The molecule has 3 heteroatoms. The number of hydrogen-bond donors (Lipinski definition) is 0. The van der Waals surface area contributed by atoms with Crippen molar-refractivity contribution in [2.75, 3.05) is 7.05 Å². The molecule has 20 heavy (non-hydrogen) atoms. The highest BCUT2D eigenvalue weighted by Gasteiger charge is 2.12. The van der Waals surface area contributed by atoms with Gasteiger partial charge in [-0.1, -0.05) is 31.2 Å². The fourth-order valence-corrected chi connectivity index (χ4v) is 2.04. The van der Waals surface area contributed by atoms with Gasteiger partial charge in [0.15, 0.2) is 0 Å². The van der Waals surface area contributed by atoms with Gasteiger partial charge < -0.3 is 4.90 Å². The van der Waals surface area contributed by atoms with E-state index in [0.717, 1.165) is 17.7 Å². The maximum absolute atomic E-state index is 12.3. The molecular formula is C17H20N2O. The van der Waals surface area contributed by atoms with E-state index in [0.29, 0.717) is 12.1 Å². The Morgan fingerprint density at radius 3 is 2.30 bits per heavy atom. The molecule has 0 aliphatic heterocycles.